The lowest BCUT2D eigenvalue weighted by Gasteiger charge is -2.08. The van der Waals surface area contributed by atoms with E-state index in [0.717, 1.165) is 0 Å². The molecule has 1 aromatic rings. The van der Waals surface area contributed by atoms with Crippen molar-refractivity contribution in [1.82, 2.24) is 0 Å². The van der Waals surface area contributed by atoms with Gasteiger partial charge in [0.15, 0.2) is 0 Å². The first kappa shape index (κ1) is 10.5. The zero-order chi connectivity index (χ0) is 10.6. The van der Waals surface area contributed by atoms with Crippen LogP contribution < -0.4 is 11.1 Å². The Bertz CT molecular complexity index is 342. The Morgan fingerprint density at radius 3 is 2.93 bits per heavy atom. The number of rotatable bonds is 2. The van der Waals surface area contributed by atoms with E-state index in [-0.39, 0.29) is 6.54 Å². The minimum absolute atomic E-state index is 0.222. The number of carbonyl (C=O) groups is 1. The Kier molecular flexibility index (Phi) is 3.41. The molecular weight excluding hydrogens is 187 g/mol. The maximum absolute atomic E-state index is 12.8. The SMILES string of the molecule is COC(=O)Nc1cc(F)ccc1CN. The van der Waals surface area contributed by atoms with Crippen LogP contribution >= 0.6 is 0 Å². The highest BCUT2D eigenvalue weighted by Crippen LogP contribution is 2.16. The minimum Gasteiger partial charge on any atom is -0.453 e. The first-order valence-corrected chi connectivity index (χ1v) is 4.01. The maximum atomic E-state index is 12.8. The van der Waals surface area contributed by atoms with Gasteiger partial charge in [-0.1, -0.05) is 6.07 Å². The number of methoxy groups -OCH3 is 1. The van der Waals surface area contributed by atoms with Crippen LogP contribution in [0, 0.1) is 5.82 Å². The zero-order valence-electron chi connectivity index (χ0n) is 7.71. The van der Waals surface area contributed by atoms with Gasteiger partial charge >= 0.3 is 6.09 Å². The molecule has 0 aromatic heterocycles. The summed E-state index contributed by atoms with van der Waals surface area (Å²) in [5.74, 6) is -0.436. The number of ether oxygens (including phenoxy) is 1. The van der Waals surface area contributed by atoms with Crippen LogP contribution in [0.2, 0.25) is 0 Å². The van der Waals surface area contributed by atoms with Crippen molar-refractivity contribution < 1.29 is 13.9 Å². The lowest BCUT2D eigenvalue weighted by atomic mass is 10.2. The van der Waals surface area contributed by atoms with E-state index in [1.165, 1.54) is 25.3 Å². The largest absolute Gasteiger partial charge is 0.453 e. The van der Waals surface area contributed by atoms with Crippen molar-refractivity contribution in [2.24, 2.45) is 5.73 Å². The number of hydrogen-bond acceptors (Lipinski definition) is 3. The van der Waals surface area contributed by atoms with Crippen molar-refractivity contribution in [3.05, 3.63) is 29.6 Å². The highest BCUT2D eigenvalue weighted by atomic mass is 19.1. The lowest BCUT2D eigenvalue weighted by molar-refractivity contribution is 0.187. The van der Waals surface area contributed by atoms with E-state index in [1.54, 1.807) is 0 Å². The fraction of sp³-hybridized carbons (Fsp3) is 0.222. The number of halogens is 1. The molecule has 5 heteroatoms. The van der Waals surface area contributed by atoms with Crippen molar-refractivity contribution in [1.29, 1.82) is 0 Å². The van der Waals surface area contributed by atoms with E-state index in [9.17, 15) is 9.18 Å². The molecule has 0 fully saturated rings. The molecule has 1 rings (SSSR count). The van der Waals surface area contributed by atoms with Gasteiger partial charge in [0.25, 0.3) is 0 Å². The quantitative estimate of drug-likeness (QED) is 0.756. The van der Waals surface area contributed by atoms with Crippen molar-refractivity contribution in [2.75, 3.05) is 12.4 Å². The summed E-state index contributed by atoms with van der Waals surface area (Å²) in [5.41, 5.74) is 6.39. The summed E-state index contributed by atoms with van der Waals surface area (Å²) in [6.07, 6.45) is -0.648. The van der Waals surface area contributed by atoms with E-state index in [0.29, 0.717) is 11.3 Å². The van der Waals surface area contributed by atoms with Crippen LogP contribution in [0.1, 0.15) is 5.56 Å². The molecule has 0 aliphatic heterocycles. The molecule has 0 aliphatic rings. The van der Waals surface area contributed by atoms with Gasteiger partial charge in [0.05, 0.1) is 12.8 Å². The normalized spacial score (nSPS) is 9.64. The Morgan fingerprint density at radius 1 is 1.64 bits per heavy atom. The Balaban J connectivity index is 2.93. The molecular formula is C9H11FN2O2. The molecule has 0 bridgehead atoms. The molecule has 0 unspecified atom stereocenters. The minimum atomic E-state index is -0.648. The Hall–Kier alpha value is -1.62. The lowest BCUT2D eigenvalue weighted by Crippen LogP contribution is -2.13. The smallest absolute Gasteiger partial charge is 0.411 e. The predicted octanol–water partition coefficient (Wildman–Crippen LogP) is 1.46. The average molecular weight is 198 g/mol. The van der Waals surface area contributed by atoms with E-state index in [1.807, 2.05) is 0 Å². The second-order valence-corrected chi connectivity index (χ2v) is 2.62. The second kappa shape index (κ2) is 4.57. The number of hydrogen-bond donors (Lipinski definition) is 2. The number of anilines is 1. The van der Waals surface area contributed by atoms with Gasteiger partial charge < -0.3 is 10.5 Å². The fourth-order valence-corrected chi connectivity index (χ4v) is 1.00. The summed E-state index contributed by atoms with van der Waals surface area (Å²) in [6, 6.07) is 3.99. The Labute approximate surface area is 80.9 Å². The summed E-state index contributed by atoms with van der Waals surface area (Å²) in [6.45, 7) is 0.222. The molecule has 0 radical (unpaired) electrons. The molecule has 76 valence electrons. The van der Waals surface area contributed by atoms with Crippen molar-refractivity contribution in [2.45, 2.75) is 6.54 Å². The number of amides is 1. The zero-order valence-corrected chi connectivity index (χ0v) is 7.71. The van der Waals surface area contributed by atoms with Gasteiger partial charge in [0.2, 0.25) is 0 Å². The molecule has 14 heavy (non-hydrogen) atoms. The van der Waals surface area contributed by atoms with Crippen LogP contribution in [0.3, 0.4) is 0 Å². The standard InChI is InChI=1S/C9H11FN2O2/c1-14-9(13)12-8-4-7(10)3-2-6(8)5-11/h2-4H,5,11H2,1H3,(H,12,13). The molecule has 0 saturated carbocycles. The van der Waals surface area contributed by atoms with Crippen molar-refractivity contribution in [3.63, 3.8) is 0 Å². The van der Waals surface area contributed by atoms with Crippen LogP contribution in [-0.2, 0) is 11.3 Å². The summed E-state index contributed by atoms with van der Waals surface area (Å²) in [5, 5.41) is 2.37. The van der Waals surface area contributed by atoms with Gasteiger partial charge in [-0.25, -0.2) is 9.18 Å². The monoisotopic (exact) mass is 198 g/mol. The molecule has 0 atom stereocenters. The average Bonchev–Trinajstić information content (AvgIpc) is 2.18. The topological polar surface area (TPSA) is 64.3 Å². The number of benzene rings is 1. The second-order valence-electron chi connectivity index (χ2n) is 2.62. The van der Waals surface area contributed by atoms with Crippen LogP contribution in [0.15, 0.2) is 18.2 Å². The summed E-state index contributed by atoms with van der Waals surface area (Å²) >= 11 is 0. The van der Waals surface area contributed by atoms with E-state index >= 15 is 0 Å². The highest BCUT2D eigenvalue weighted by Gasteiger charge is 2.06. The van der Waals surface area contributed by atoms with Crippen LogP contribution in [0.5, 0.6) is 0 Å². The van der Waals surface area contributed by atoms with Gasteiger partial charge in [-0.05, 0) is 17.7 Å². The van der Waals surface area contributed by atoms with Crippen molar-refractivity contribution in [3.8, 4) is 0 Å². The molecule has 0 heterocycles. The molecule has 4 nitrogen and oxygen atoms in total. The number of nitrogens with one attached hydrogen (secondary N) is 1. The molecule has 0 saturated heterocycles. The first-order valence-electron chi connectivity index (χ1n) is 4.01. The summed E-state index contributed by atoms with van der Waals surface area (Å²) in [7, 11) is 1.23. The van der Waals surface area contributed by atoms with E-state index in [4.69, 9.17) is 5.73 Å². The van der Waals surface area contributed by atoms with Gasteiger partial charge in [-0.3, -0.25) is 5.32 Å². The molecule has 1 aromatic carbocycles. The third-order valence-corrected chi connectivity index (χ3v) is 1.71. The first-order chi connectivity index (χ1) is 6.67. The number of nitrogens with two attached hydrogens (primary N) is 1. The van der Waals surface area contributed by atoms with Gasteiger partial charge in [-0.2, -0.15) is 0 Å². The van der Waals surface area contributed by atoms with Crippen LogP contribution in [0.25, 0.3) is 0 Å². The molecule has 0 spiro atoms. The van der Waals surface area contributed by atoms with E-state index < -0.39 is 11.9 Å². The van der Waals surface area contributed by atoms with Gasteiger partial charge in [-0.15, -0.1) is 0 Å². The summed E-state index contributed by atoms with van der Waals surface area (Å²) in [4.78, 5) is 10.9. The molecule has 0 aliphatic carbocycles. The van der Waals surface area contributed by atoms with Crippen LogP contribution in [0.4, 0.5) is 14.9 Å². The summed E-state index contributed by atoms with van der Waals surface area (Å²) < 4.78 is 17.2. The number of carbonyl (C=O) groups excluding carboxylic acids is 1. The third-order valence-electron chi connectivity index (χ3n) is 1.71. The van der Waals surface area contributed by atoms with E-state index in [2.05, 4.69) is 10.1 Å². The molecule has 3 N–H and O–H groups in total. The predicted molar refractivity (Wildman–Crippen MR) is 50.3 cm³/mol. The van der Waals surface area contributed by atoms with Crippen molar-refractivity contribution >= 4 is 11.8 Å². The Morgan fingerprint density at radius 2 is 2.36 bits per heavy atom. The van der Waals surface area contributed by atoms with Gasteiger partial charge in [0.1, 0.15) is 5.82 Å². The third kappa shape index (κ3) is 2.43. The van der Waals surface area contributed by atoms with Crippen LogP contribution in [-0.4, -0.2) is 13.2 Å². The fourth-order valence-electron chi connectivity index (χ4n) is 1.00. The van der Waals surface area contributed by atoms with Gasteiger partial charge in [0, 0.05) is 6.54 Å². The molecule has 1 amide bonds. The maximum Gasteiger partial charge on any atom is 0.411 e. The highest BCUT2D eigenvalue weighted by molar-refractivity contribution is 5.85.